The number of nitrogens with one attached hydrogen (secondary N) is 1. The van der Waals surface area contributed by atoms with Crippen molar-refractivity contribution in [2.24, 2.45) is 0 Å². The largest absolute Gasteiger partial charge is 0.497 e. The number of methoxy groups -OCH3 is 1. The number of benzene rings is 2. The van der Waals surface area contributed by atoms with E-state index in [9.17, 15) is 4.79 Å². The number of carbonyl (C=O) groups is 1. The van der Waals surface area contributed by atoms with E-state index in [2.05, 4.69) is 17.4 Å². The number of hydrogen-bond acceptors (Lipinski definition) is 4. The van der Waals surface area contributed by atoms with Crippen LogP contribution in [0.1, 0.15) is 23.0 Å². The van der Waals surface area contributed by atoms with Crippen molar-refractivity contribution < 1.29 is 14.1 Å². The molecule has 1 atom stereocenters. The molecule has 5 nitrogen and oxygen atoms in total. The Morgan fingerprint density at radius 2 is 1.85 bits per heavy atom. The lowest BCUT2D eigenvalue weighted by molar-refractivity contribution is -0.552. The monoisotopic (exact) mass is 346 g/mol. The molecule has 0 amide bonds. The topological polar surface area (TPSA) is 55.1 Å². The summed E-state index contributed by atoms with van der Waals surface area (Å²) >= 11 is 0. The molecule has 1 aliphatic rings. The maximum absolute atomic E-state index is 12.5. The molecule has 3 aromatic rings. The van der Waals surface area contributed by atoms with Crippen LogP contribution >= 0.6 is 0 Å². The average Bonchev–Trinajstić information content (AvgIpc) is 2.97. The Bertz CT molecular complexity index is 953. The number of aromatic nitrogens is 2. The predicted octanol–water partition coefficient (Wildman–Crippen LogP) is 3.09. The maximum atomic E-state index is 12.5. The highest BCUT2D eigenvalue weighted by Crippen LogP contribution is 2.25. The summed E-state index contributed by atoms with van der Waals surface area (Å²) in [5.74, 6) is 1.61. The molecule has 0 bridgehead atoms. The first-order valence-corrected chi connectivity index (χ1v) is 8.60. The standard InChI is InChI=1S/C21H19N3O2/c1-14-21(25)24-13-19(16-8-10-17(26-2)11-9-16)23-18(20(24)22-14)12-15-6-4-3-5-7-15/h3-11,13-14H,12H2,1-2H3/p+1. The van der Waals surface area contributed by atoms with E-state index in [1.807, 2.05) is 55.6 Å². The van der Waals surface area contributed by atoms with Crippen LogP contribution in [0.25, 0.3) is 11.3 Å². The van der Waals surface area contributed by atoms with Gasteiger partial charge in [0.1, 0.15) is 23.3 Å². The minimum absolute atomic E-state index is 0.0338. The second kappa shape index (κ2) is 6.59. The first-order chi connectivity index (χ1) is 12.7. The molecule has 26 heavy (non-hydrogen) atoms. The van der Waals surface area contributed by atoms with Gasteiger partial charge in [0.25, 0.3) is 0 Å². The van der Waals surface area contributed by atoms with Crippen LogP contribution in [0.4, 0.5) is 5.82 Å². The summed E-state index contributed by atoms with van der Waals surface area (Å²) in [4.78, 5) is 17.4. The van der Waals surface area contributed by atoms with Crippen molar-refractivity contribution in [2.45, 2.75) is 19.4 Å². The van der Waals surface area contributed by atoms with E-state index in [4.69, 9.17) is 9.72 Å². The average molecular weight is 346 g/mol. The molecular weight excluding hydrogens is 326 g/mol. The maximum Gasteiger partial charge on any atom is 0.358 e. The van der Waals surface area contributed by atoms with Gasteiger partial charge in [0.2, 0.25) is 0 Å². The predicted molar refractivity (Wildman–Crippen MR) is 99.4 cm³/mol. The number of hydrogen-bond donors (Lipinski definition) is 1. The van der Waals surface area contributed by atoms with Crippen molar-refractivity contribution in [1.82, 2.24) is 4.98 Å². The van der Waals surface area contributed by atoms with Gasteiger partial charge < -0.3 is 4.74 Å². The lowest BCUT2D eigenvalue weighted by Crippen LogP contribution is -2.42. The quantitative estimate of drug-likeness (QED) is 0.738. The molecule has 4 rings (SSSR count). The Balaban J connectivity index is 1.80. The second-order valence-corrected chi connectivity index (χ2v) is 6.39. The number of fused-ring (bicyclic) bond motifs is 1. The minimum Gasteiger partial charge on any atom is -0.497 e. The van der Waals surface area contributed by atoms with E-state index in [1.54, 1.807) is 11.7 Å². The van der Waals surface area contributed by atoms with E-state index >= 15 is 0 Å². The van der Waals surface area contributed by atoms with Crippen LogP contribution in [0.3, 0.4) is 0 Å². The van der Waals surface area contributed by atoms with Gasteiger partial charge in [-0.05, 0) is 36.8 Å². The molecule has 0 saturated heterocycles. The number of carbonyl (C=O) groups excluding carboxylic acids is 1. The first kappa shape index (κ1) is 16.3. The third-order valence-corrected chi connectivity index (χ3v) is 4.58. The Hall–Kier alpha value is -3.21. The van der Waals surface area contributed by atoms with Crippen LogP contribution in [0, 0.1) is 0 Å². The molecule has 1 unspecified atom stereocenters. The van der Waals surface area contributed by atoms with Crippen molar-refractivity contribution in [3.63, 3.8) is 0 Å². The van der Waals surface area contributed by atoms with Gasteiger partial charge >= 0.3 is 11.7 Å². The number of ether oxygens (including phenoxy) is 1. The number of rotatable bonds is 4. The molecule has 0 spiro atoms. The van der Waals surface area contributed by atoms with Crippen molar-refractivity contribution in [3.05, 3.63) is 72.1 Å². The van der Waals surface area contributed by atoms with Gasteiger partial charge in [-0.2, -0.15) is 4.57 Å². The van der Waals surface area contributed by atoms with Crippen molar-refractivity contribution in [1.29, 1.82) is 0 Å². The smallest absolute Gasteiger partial charge is 0.358 e. The van der Waals surface area contributed by atoms with E-state index in [1.165, 1.54) is 0 Å². The molecular formula is C21H20N3O2+. The van der Waals surface area contributed by atoms with Gasteiger partial charge in [0.15, 0.2) is 6.04 Å². The molecule has 0 aliphatic carbocycles. The third kappa shape index (κ3) is 2.92. The highest BCUT2D eigenvalue weighted by molar-refractivity contribution is 5.81. The van der Waals surface area contributed by atoms with Gasteiger partial charge in [-0.1, -0.05) is 30.3 Å². The Morgan fingerprint density at radius 1 is 1.12 bits per heavy atom. The normalized spacial score (nSPS) is 15.5. The molecule has 1 aromatic heterocycles. The van der Waals surface area contributed by atoms with Gasteiger partial charge in [0, 0.05) is 12.0 Å². The Labute approximate surface area is 152 Å². The highest BCUT2D eigenvalue weighted by Gasteiger charge is 2.38. The number of anilines is 1. The van der Waals surface area contributed by atoms with Crippen LogP contribution in [0.15, 0.2) is 60.8 Å². The van der Waals surface area contributed by atoms with Crippen LogP contribution in [0.5, 0.6) is 5.75 Å². The molecule has 5 heteroatoms. The van der Waals surface area contributed by atoms with E-state index < -0.39 is 0 Å². The second-order valence-electron chi connectivity index (χ2n) is 6.39. The fraction of sp³-hybridized carbons (Fsp3) is 0.190. The molecule has 2 aromatic carbocycles. The molecule has 0 fully saturated rings. The summed E-state index contributed by atoms with van der Waals surface area (Å²) in [6.07, 6.45) is 2.47. The van der Waals surface area contributed by atoms with Crippen molar-refractivity contribution in [2.75, 3.05) is 12.4 Å². The van der Waals surface area contributed by atoms with Gasteiger partial charge in [-0.25, -0.2) is 9.78 Å². The Morgan fingerprint density at radius 3 is 2.54 bits per heavy atom. The van der Waals surface area contributed by atoms with E-state index in [0.29, 0.717) is 6.42 Å². The minimum atomic E-state index is -0.252. The third-order valence-electron chi connectivity index (χ3n) is 4.58. The zero-order chi connectivity index (χ0) is 18.1. The highest BCUT2D eigenvalue weighted by atomic mass is 16.5. The summed E-state index contributed by atoms with van der Waals surface area (Å²) in [5.41, 5.74) is 3.74. The van der Waals surface area contributed by atoms with Crippen molar-refractivity contribution in [3.8, 4) is 17.0 Å². The molecule has 1 N–H and O–H groups in total. The van der Waals surface area contributed by atoms with E-state index in [-0.39, 0.29) is 11.9 Å². The van der Waals surface area contributed by atoms with Crippen LogP contribution in [-0.2, 0) is 6.42 Å². The van der Waals surface area contributed by atoms with Gasteiger partial charge in [-0.3, -0.25) is 5.32 Å². The summed E-state index contributed by atoms with van der Waals surface area (Å²) in [6.45, 7) is 1.87. The fourth-order valence-electron chi connectivity index (χ4n) is 3.17. The molecule has 1 aliphatic heterocycles. The molecule has 0 saturated carbocycles. The van der Waals surface area contributed by atoms with Gasteiger partial charge in [0.05, 0.1) is 7.11 Å². The SMILES string of the molecule is COc1ccc(-c2c[n+]3c(c(Cc4ccccc4)n2)NC(C)C3=O)cc1. The molecule has 0 radical (unpaired) electrons. The van der Waals surface area contributed by atoms with Gasteiger partial charge in [-0.15, -0.1) is 0 Å². The lowest BCUT2D eigenvalue weighted by atomic mass is 10.1. The van der Waals surface area contributed by atoms with Crippen molar-refractivity contribution >= 4 is 11.7 Å². The van der Waals surface area contributed by atoms with Crippen LogP contribution in [-0.4, -0.2) is 24.0 Å². The lowest BCUT2D eigenvalue weighted by Gasteiger charge is -2.07. The summed E-state index contributed by atoms with van der Waals surface area (Å²) in [5, 5.41) is 3.26. The molecule has 2 heterocycles. The summed E-state index contributed by atoms with van der Waals surface area (Å²) < 4.78 is 6.91. The van der Waals surface area contributed by atoms with E-state index in [0.717, 1.165) is 34.1 Å². The Kier molecular flexibility index (Phi) is 4.13. The van der Waals surface area contributed by atoms with Crippen LogP contribution < -0.4 is 14.6 Å². The summed E-state index contributed by atoms with van der Waals surface area (Å²) in [7, 11) is 1.64. The zero-order valence-electron chi connectivity index (χ0n) is 14.8. The molecule has 130 valence electrons. The van der Waals surface area contributed by atoms with Crippen LogP contribution in [0.2, 0.25) is 0 Å². The summed E-state index contributed by atoms with van der Waals surface area (Å²) in [6, 6.07) is 17.6. The fourth-order valence-corrected chi connectivity index (χ4v) is 3.17. The number of nitrogens with zero attached hydrogens (tertiary/aromatic N) is 2. The zero-order valence-corrected chi connectivity index (χ0v) is 14.8. The first-order valence-electron chi connectivity index (χ1n) is 8.60.